The Morgan fingerprint density at radius 2 is 2.05 bits per heavy atom. The van der Waals surface area contributed by atoms with Crippen LogP contribution in [0.3, 0.4) is 0 Å². The number of aliphatic carboxylic acids is 1. The van der Waals surface area contributed by atoms with Gasteiger partial charge in [0.15, 0.2) is 0 Å². The maximum atomic E-state index is 11.2. The molecule has 0 aromatic heterocycles. The molecule has 2 N–H and O–H groups in total. The molecule has 3 atom stereocenters. The minimum Gasteiger partial charge on any atom is -0.480 e. The first kappa shape index (κ1) is 17.4. The Kier molecular flexibility index (Phi) is 6.43. The van der Waals surface area contributed by atoms with Crippen LogP contribution in [0.25, 0.3) is 0 Å². The summed E-state index contributed by atoms with van der Waals surface area (Å²) < 4.78 is 0. The van der Waals surface area contributed by atoms with Crippen molar-refractivity contribution in [3.63, 3.8) is 0 Å². The molecular formula is C15H31N3O2. The number of hydrogen-bond donors (Lipinski definition) is 2. The number of likely N-dealkylation sites (N-methyl/N-ethyl adjacent to an activating group) is 2. The molecule has 0 aliphatic carbocycles. The van der Waals surface area contributed by atoms with Crippen molar-refractivity contribution in [2.24, 2.45) is 5.92 Å². The molecule has 1 heterocycles. The number of carbonyl (C=O) groups is 1. The minimum atomic E-state index is -0.787. The van der Waals surface area contributed by atoms with Crippen LogP contribution < -0.4 is 5.32 Å². The molecule has 0 aromatic carbocycles. The van der Waals surface area contributed by atoms with Crippen LogP contribution >= 0.6 is 0 Å². The van der Waals surface area contributed by atoms with E-state index in [1.807, 2.05) is 0 Å². The second-order valence-corrected chi connectivity index (χ2v) is 6.61. The second-order valence-electron chi connectivity index (χ2n) is 6.61. The molecule has 20 heavy (non-hydrogen) atoms. The topological polar surface area (TPSA) is 55.8 Å². The lowest BCUT2D eigenvalue weighted by molar-refractivity contribution is -0.144. The van der Waals surface area contributed by atoms with Crippen molar-refractivity contribution < 1.29 is 9.90 Å². The van der Waals surface area contributed by atoms with Crippen LogP contribution in [0.4, 0.5) is 0 Å². The van der Waals surface area contributed by atoms with E-state index in [1.54, 1.807) is 14.0 Å². The van der Waals surface area contributed by atoms with Crippen LogP contribution in [0.5, 0.6) is 0 Å². The lowest BCUT2D eigenvalue weighted by Crippen LogP contribution is -2.47. The number of nitrogens with one attached hydrogen (secondary N) is 1. The predicted octanol–water partition coefficient (Wildman–Crippen LogP) is 1.10. The van der Waals surface area contributed by atoms with Gasteiger partial charge in [-0.15, -0.1) is 0 Å². The first-order valence-corrected chi connectivity index (χ1v) is 7.61. The van der Waals surface area contributed by atoms with Gasteiger partial charge in [0, 0.05) is 19.1 Å². The molecule has 0 amide bonds. The standard InChI is InChI=1S/C15H31N3O2/c1-12-10-18(11-13(12)17(4)5)9-7-6-8-15(2,16-3)14(19)20/h12-13,16H,6-11H2,1-5H3,(H,19,20). The van der Waals surface area contributed by atoms with Gasteiger partial charge in [-0.05, 0) is 59.8 Å². The summed E-state index contributed by atoms with van der Waals surface area (Å²) in [5, 5.41) is 12.1. The Labute approximate surface area is 123 Å². The molecule has 3 unspecified atom stereocenters. The SMILES string of the molecule is CNC(C)(CCCCN1CC(C)C(N(C)C)C1)C(=O)O. The van der Waals surface area contributed by atoms with E-state index in [4.69, 9.17) is 0 Å². The molecule has 1 rings (SSSR count). The Bertz CT molecular complexity index is 322. The van der Waals surface area contributed by atoms with Crippen LogP contribution in [0.15, 0.2) is 0 Å². The summed E-state index contributed by atoms with van der Waals surface area (Å²) in [6.07, 6.45) is 2.69. The van der Waals surface area contributed by atoms with Gasteiger partial charge in [0.1, 0.15) is 5.54 Å². The normalized spacial score (nSPS) is 26.9. The molecule has 5 nitrogen and oxygen atoms in total. The molecule has 1 aliphatic rings. The highest BCUT2D eigenvalue weighted by Crippen LogP contribution is 2.21. The van der Waals surface area contributed by atoms with Crippen LogP contribution in [0, 0.1) is 5.92 Å². The first-order valence-electron chi connectivity index (χ1n) is 7.61. The van der Waals surface area contributed by atoms with Crippen molar-refractivity contribution in [2.75, 3.05) is 40.8 Å². The highest BCUT2D eigenvalue weighted by atomic mass is 16.4. The van der Waals surface area contributed by atoms with Crippen molar-refractivity contribution in [3.8, 4) is 0 Å². The molecule has 5 heteroatoms. The molecule has 0 saturated carbocycles. The smallest absolute Gasteiger partial charge is 0.323 e. The van der Waals surface area contributed by atoms with E-state index in [9.17, 15) is 9.90 Å². The predicted molar refractivity (Wildman–Crippen MR) is 82.0 cm³/mol. The Morgan fingerprint density at radius 3 is 2.50 bits per heavy atom. The minimum absolute atomic E-state index is 0.650. The van der Waals surface area contributed by atoms with Crippen molar-refractivity contribution in [3.05, 3.63) is 0 Å². The number of carboxylic acid groups (broad SMARTS) is 1. The Morgan fingerprint density at radius 1 is 1.40 bits per heavy atom. The summed E-state index contributed by atoms with van der Waals surface area (Å²) in [6.45, 7) is 7.44. The molecule has 0 aromatic rings. The largest absolute Gasteiger partial charge is 0.480 e. The maximum absolute atomic E-state index is 11.2. The molecule has 118 valence electrons. The fourth-order valence-corrected chi connectivity index (χ4v) is 3.06. The summed E-state index contributed by atoms with van der Waals surface area (Å²) in [5.74, 6) is -0.0472. The van der Waals surface area contributed by atoms with E-state index in [-0.39, 0.29) is 0 Å². The van der Waals surface area contributed by atoms with Crippen molar-refractivity contribution >= 4 is 5.97 Å². The summed E-state index contributed by atoms with van der Waals surface area (Å²) in [6, 6.07) is 0.650. The number of nitrogens with zero attached hydrogens (tertiary/aromatic N) is 2. The number of carboxylic acids is 1. The third-order valence-corrected chi connectivity index (χ3v) is 4.74. The molecule has 0 radical (unpaired) electrons. The van der Waals surface area contributed by atoms with Gasteiger partial charge in [0.05, 0.1) is 0 Å². The molecule has 1 saturated heterocycles. The van der Waals surface area contributed by atoms with Crippen LogP contribution in [-0.4, -0.2) is 73.2 Å². The lowest BCUT2D eigenvalue weighted by Gasteiger charge is -2.25. The molecular weight excluding hydrogens is 254 g/mol. The van der Waals surface area contributed by atoms with Crippen LogP contribution in [0.2, 0.25) is 0 Å². The zero-order chi connectivity index (χ0) is 15.3. The van der Waals surface area contributed by atoms with Crippen molar-refractivity contribution in [1.29, 1.82) is 0 Å². The van der Waals surface area contributed by atoms with E-state index in [2.05, 4.69) is 36.1 Å². The van der Waals surface area contributed by atoms with Gasteiger partial charge in [-0.25, -0.2) is 0 Å². The molecule has 1 aliphatic heterocycles. The van der Waals surface area contributed by atoms with Gasteiger partial charge in [-0.2, -0.15) is 0 Å². The number of unbranched alkanes of at least 4 members (excludes halogenated alkanes) is 1. The molecule has 0 spiro atoms. The lowest BCUT2D eigenvalue weighted by atomic mass is 9.95. The van der Waals surface area contributed by atoms with Gasteiger partial charge < -0.3 is 20.2 Å². The fourth-order valence-electron chi connectivity index (χ4n) is 3.06. The molecule has 0 bridgehead atoms. The maximum Gasteiger partial charge on any atom is 0.323 e. The zero-order valence-electron chi connectivity index (χ0n) is 13.6. The van der Waals surface area contributed by atoms with E-state index in [0.717, 1.165) is 32.5 Å². The van der Waals surface area contributed by atoms with Gasteiger partial charge in [-0.3, -0.25) is 4.79 Å². The summed E-state index contributed by atoms with van der Waals surface area (Å²) in [5.41, 5.74) is -0.787. The van der Waals surface area contributed by atoms with Gasteiger partial charge in [0.25, 0.3) is 0 Å². The third-order valence-electron chi connectivity index (χ3n) is 4.74. The molecule has 1 fully saturated rings. The van der Waals surface area contributed by atoms with E-state index in [1.165, 1.54) is 0 Å². The van der Waals surface area contributed by atoms with Gasteiger partial charge in [-0.1, -0.05) is 6.92 Å². The van der Waals surface area contributed by atoms with Crippen molar-refractivity contribution in [2.45, 2.75) is 44.7 Å². The van der Waals surface area contributed by atoms with Gasteiger partial charge >= 0.3 is 5.97 Å². The number of hydrogen-bond acceptors (Lipinski definition) is 4. The Hall–Kier alpha value is -0.650. The summed E-state index contributed by atoms with van der Waals surface area (Å²) >= 11 is 0. The van der Waals surface area contributed by atoms with E-state index in [0.29, 0.717) is 18.4 Å². The second kappa shape index (κ2) is 7.38. The quantitative estimate of drug-likeness (QED) is 0.654. The number of likely N-dealkylation sites (tertiary alicyclic amines) is 1. The van der Waals surface area contributed by atoms with Crippen LogP contribution in [-0.2, 0) is 4.79 Å². The van der Waals surface area contributed by atoms with Gasteiger partial charge in [0.2, 0.25) is 0 Å². The van der Waals surface area contributed by atoms with Crippen molar-refractivity contribution in [1.82, 2.24) is 15.1 Å². The monoisotopic (exact) mass is 285 g/mol. The highest BCUT2D eigenvalue weighted by Gasteiger charge is 2.32. The van der Waals surface area contributed by atoms with Crippen LogP contribution in [0.1, 0.15) is 33.1 Å². The third kappa shape index (κ3) is 4.43. The Balaban J connectivity index is 2.27. The zero-order valence-corrected chi connectivity index (χ0v) is 13.6. The highest BCUT2D eigenvalue weighted by molar-refractivity contribution is 5.78. The average Bonchev–Trinajstić information content (AvgIpc) is 2.75. The number of rotatable bonds is 8. The average molecular weight is 285 g/mol. The first-order chi connectivity index (χ1) is 9.30. The van der Waals surface area contributed by atoms with E-state index >= 15 is 0 Å². The van der Waals surface area contributed by atoms with E-state index < -0.39 is 11.5 Å². The fraction of sp³-hybridized carbons (Fsp3) is 0.933. The summed E-state index contributed by atoms with van der Waals surface area (Å²) in [4.78, 5) is 16.0. The summed E-state index contributed by atoms with van der Waals surface area (Å²) in [7, 11) is 6.02.